The first-order valence-electron chi connectivity index (χ1n) is 8.64. The zero-order chi connectivity index (χ0) is 20.3. The van der Waals surface area contributed by atoms with E-state index in [2.05, 4.69) is 15.5 Å². The second-order valence-electron chi connectivity index (χ2n) is 6.41. The van der Waals surface area contributed by atoms with Crippen LogP contribution in [-0.2, 0) is 4.79 Å². The molecule has 2 fully saturated rings. The maximum atomic E-state index is 11.9. The number of carbonyl (C=O) groups excluding carboxylic acids is 2. The Balaban J connectivity index is 1.93. The van der Waals surface area contributed by atoms with E-state index in [1.165, 1.54) is 7.11 Å². The van der Waals surface area contributed by atoms with Gasteiger partial charge < -0.3 is 24.8 Å². The van der Waals surface area contributed by atoms with Crippen LogP contribution in [0, 0.1) is 5.92 Å². The van der Waals surface area contributed by atoms with E-state index in [-0.39, 0.29) is 5.92 Å². The van der Waals surface area contributed by atoms with E-state index in [1.807, 2.05) is 6.07 Å². The lowest BCUT2D eigenvalue weighted by Gasteiger charge is -2.23. The van der Waals surface area contributed by atoms with Crippen LogP contribution in [0.5, 0.6) is 11.5 Å². The van der Waals surface area contributed by atoms with Crippen LogP contribution >= 0.6 is 11.8 Å². The molecule has 1 unspecified atom stereocenters. The molecule has 3 N–H and O–H groups in total. The van der Waals surface area contributed by atoms with E-state index < -0.39 is 17.2 Å². The fraction of sp³-hybridized carbons (Fsp3) is 0.389. The largest absolute Gasteiger partial charge is 0.493 e. The molecule has 2 saturated heterocycles. The van der Waals surface area contributed by atoms with Gasteiger partial charge in [0.1, 0.15) is 0 Å². The zero-order valence-corrected chi connectivity index (χ0v) is 16.3. The smallest absolute Gasteiger partial charge is 0.404 e. The number of methoxy groups -OCH3 is 2. The quantitative estimate of drug-likeness (QED) is 0.614. The molecule has 28 heavy (non-hydrogen) atoms. The van der Waals surface area contributed by atoms with Crippen molar-refractivity contribution in [1.82, 2.24) is 10.6 Å². The van der Waals surface area contributed by atoms with Gasteiger partial charge in [0, 0.05) is 37.0 Å². The molecule has 1 atom stereocenters. The first kappa shape index (κ1) is 19.9. The van der Waals surface area contributed by atoms with Gasteiger partial charge in [0.2, 0.25) is 0 Å². The number of imide groups is 1. The Kier molecular flexibility index (Phi) is 5.98. The Hall–Kier alpha value is -2.88. The first-order chi connectivity index (χ1) is 13.4. The van der Waals surface area contributed by atoms with Crippen molar-refractivity contribution in [3.05, 3.63) is 22.6 Å². The third-order valence-electron chi connectivity index (χ3n) is 4.63. The molecule has 2 aliphatic rings. The fourth-order valence-corrected chi connectivity index (χ4v) is 3.96. The van der Waals surface area contributed by atoms with Gasteiger partial charge in [-0.1, -0.05) is 0 Å². The number of hydrogen-bond donors (Lipinski definition) is 3. The van der Waals surface area contributed by atoms with Crippen molar-refractivity contribution >= 4 is 40.8 Å². The van der Waals surface area contributed by atoms with Crippen LogP contribution in [0.2, 0.25) is 0 Å². The molecule has 9 nitrogen and oxygen atoms in total. The van der Waals surface area contributed by atoms with Gasteiger partial charge in [0.15, 0.2) is 11.5 Å². The number of nitrogens with zero attached hydrogens (tertiary/aromatic N) is 1. The maximum Gasteiger partial charge on any atom is 0.404 e. The summed E-state index contributed by atoms with van der Waals surface area (Å²) in [5.41, 5.74) is 1.55. The molecule has 2 heterocycles. The third-order valence-corrected chi connectivity index (χ3v) is 5.44. The molecule has 0 saturated carbocycles. The van der Waals surface area contributed by atoms with Crippen molar-refractivity contribution in [1.29, 1.82) is 0 Å². The molecule has 0 aliphatic carbocycles. The van der Waals surface area contributed by atoms with Gasteiger partial charge in [-0.2, -0.15) is 0 Å². The predicted molar refractivity (Wildman–Crippen MR) is 105 cm³/mol. The number of rotatable bonds is 6. The first-order valence-corrected chi connectivity index (χ1v) is 9.45. The molecule has 0 spiro atoms. The van der Waals surface area contributed by atoms with Crippen LogP contribution in [-0.4, -0.2) is 56.2 Å². The van der Waals surface area contributed by atoms with E-state index in [1.54, 1.807) is 19.3 Å². The lowest BCUT2D eigenvalue weighted by atomic mass is 10.1. The monoisotopic (exact) mass is 407 g/mol. The van der Waals surface area contributed by atoms with Gasteiger partial charge in [-0.05, 0) is 36.2 Å². The third kappa shape index (κ3) is 4.33. The van der Waals surface area contributed by atoms with Gasteiger partial charge in [0.05, 0.1) is 19.1 Å². The summed E-state index contributed by atoms with van der Waals surface area (Å²) in [6.45, 7) is 1.77. The predicted octanol–water partition coefficient (Wildman–Crippen LogP) is 2.12. The molecule has 0 radical (unpaired) electrons. The fourth-order valence-electron chi connectivity index (χ4n) is 3.29. The molecule has 3 rings (SSSR count). The normalized spacial score (nSPS) is 20.4. The van der Waals surface area contributed by atoms with Crippen LogP contribution in [0.15, 0.2) is 17.0 Å². The van der Waals surface area contributed by atoms with Crippen molar-refractivity contribution in [2.75, 3.05) is 38.8 Å². The standard InChI is InChI=1S/C18H21N3O6S/c1-26-13-5-11(6-15-16(22)20-18(25)28-15)12(7-14(13)27-2)21-4-3-10(9-21)8-19-17(23)24/h5-7,10,19H,3-4,8-9H2,1-2H3,(H,23,24)(H,20,22,25). The maximum absolute atomic E-state index is 11.9. The van der Waals surface area contributed by atoms with Gasteiger partial charge in [0.25, 0.3) is 11.1 Å². The Morgan fingerprint density at radius 3 is 2.68 bits per heavy atom. The number of amides is 3. The average Bonchev–Trinajstić information content (AvgIpc) is 3.25. The highest BCUT2D eigenvalue weighted by atomic mass is 32.2. The Bertz CT molecular complexity index is 841. The number of hydrogen-bond acceptors (Lipinski definition) is 7. The number of benzene rings is 1. The highest BCUT2D eigenvalue weighted by Crippen LogP contribution is 2.39. The van der Waals surface area contributed by atoms with Crippen molar-refractivity contribution in [2.45, 2.75) is 6.42 Å². The number of carboxylic acid groups (broad SMARTS) is 1. The second kappa shape index (κ2) is 8.42. The second-order valence-corrected chi connectivity index (χ2v) is 7.42. The van der Waals surface area contributed by atoms with E-state index in [0.29, 0.717) is 29.5 Å². The van der Waals surface area contributed by atoms with Crippen molar-refractivity contribution in [3.8, 4) is 11.5 Å². The molecule has 0 aromatic heterocycles. The summed E-state index contributed by atoms with van der Waals surface area (Å²) < 4.78 is 10.8. The van der Waals surface area contributed by atoms with Crippen LogP contribution in [0.3, 0.4) is 0 Å². The summed E-state index contributed by atoms with van der Waals surface area (Å²) in [4.78, 5) is 36.6. The molecule has 1 aromatic carbocycles. The van der Waals surface area contributed by atoms with E-state index in [9.17, 15) is 14.4 Å². The molecular formula is C18H21N3O6S. The summed E-state index contributed by atoms with van der Waals surface area (Å²) in [5, 5.41) is 13.1. The SMILES string of the molecule is COc1cc(C=C2SC(=O)NC2=O)c(N2CCC(CNC(=O)O)C2)cc1OC. The lowest BCUT2D eigenvalue weighted by Crippen LogP contribution is -2.29. The highest BCUT2D eigenvalue weighted by molar-refractivity contribution is 8.18. The summed E-state index contributed by atoms with van der Waals surface area (Å²) >= 11 is 0.851. The minimum Gasteiger partial charge on any atom is -0.493 e. The molecule has 1 aromatic rings. The van der Waals surface area contributed by atoms with Crippen LogP contribution in [0.1, 0.15) is 12.0 Å². The molecule has 10 heteroatoms. The number of carbonyl (C=O) groups is 3. The Morgan fingerprint density at radius 2 is 2.07 bits per heavy atom. The zero-order valence-electron chi connectivity index (χ0n) is 15.5. The Morgan fingerprint density at radius 1 is 1.36 bits per heavy atom. The van der Waals surface area contributed by atoms with E-state index >= 15 is 0 Å². The molecular weight excluding hydrogens is 386 g/mol. The summed E-state index contributed by atoms with van der Waals surface area (Å²) in [7, 11) is 3.07. The molecule has 0 bridgehead atoms. The lowest BCUT2D eigenvalue weighted by molar-refractivity contribution is -0.115. The van der Waals surface area contributed by atoms with E-state index in [4.69, 9.17) is 14.6 Å². The Labute approximate surface area is 166 Å². The number of thioether (sulfide) groups is 1. The van der Waals surface area contributed by atoms with Gasteiger partial charge in [-0.3, -0.25) is 14.9 Å². The number of ether oxygens (including phenoxy) is 2. The minimum absolute atomic E-state index is 0.176. The van der Waals surface area contributed by atoms with Gasteiger partial charge >= 0.3 is 6.09 Å². The van der Waals surface area contributed by atoms with E-state index in [0.717, 1.165) is 36.0 Å². The summed E-state index contributed by atoms with van der Waals surface area (Å²) in [6, 6.07) is 3.60. The average molecular weight is 407 g/mol. The topological polar surface area (TPSA) is 117 Å². The molecule has 2 aliphatic heterocycles. The van der Waals surface area contributed by atoms with Crippen molar-refractivity contribution in [2.24, 2.45) is 5.92 Å². The summed E-state index contributed by atoms with van der Waals surface area (Å²) in [6.07, 6.45) is 1.45. The number of anilines is 1. The van der Waals surface area contributed by atoms with Crippen molar-refractivity contribution < 1.29 is 29.0 Å². The van der Waals surface area contributed by atoms with Crippen molar-refractivity contribution in [3.63, 3.8) is 0 Å². The van der Waals surface area contributed by atoms with Gasteiger partial charge in [-0.15, -0.1) is 0 Å². The highest BCUT2D eigenvalue weighted by Gasteiger charge is 2.28. The molecule has 150 valence electrons. The number of nitrogens with one attached hydrogen (secondary N) is 2. The summed E-state index contributed by atoms with van der Waals surface area (Å²) in [5.74, 6) is 0.804. The van der Waals surface area contributed by atoms with Crippen LogP contribution < -0.4 is 25.0 Å². The van der Waals surface area contributed by atoms with Crippen LogP contribution in [0.25, 0.3) is 6.08 Å². The van der Waals surface area contributed by atoms with Gasteiger partial charge in [-0.25, -0.2) is 4.79 Å². The minimum atomic E-state index is -1.04. The van der Waals surface area contributed by atoms with Crippen LogP contribution in [0.4, 0.5) is 15.3 Å². The molecule has 3 amide bonds.